The van der Waals surface area contributed by atoms with Crippen molar-refractivity contribution in [3.05, 3.63) is 53.6 Å². The van der Waals surface area contributed by atoms with Gasteiger partial charge < -0.3 is 5.73 Å². The Kier molecular flexibility index (Phi) is 4.13. The first-order valence-corrected chi connectivity index (χ1v) is 8.30. The lowest BCUT2D eigenvalue weighted by Crippen LogP contribution is -2.31. The molecule has 5 heteroatoms. The fourth-order valence-electron chi connectivity index (χ4n) is 2.79. The van der Waals surface area contributed by atoms with E-state index in [1.807, 2.05) is 50.2 Å². The van der Waals surface area contributed by atoms with Gasteiger partial charge in [0.25, 0.3) is 0 Å². The molecule has 1 atom stereocenters. The van der Waals surface area contributed by atoms with Crippen molar-refractivity contribution < 1.29 is 9.59 Å². The van der Waals surface area contributed by atoms with Crippen LogP contribution in [-0.4, -0.2) is 17.1 Å². The number of nitrogens with zero attached hydrogens (tertiary/aromatic N) is 1. The van der Waals surface area contributed by atoms with Crippen molar-refractivity contribution in [3.8, 4) is 0 Å². The van der Waals surface area contributed by atoms with Gasteiger partial charge in [0.15, 0.2) is 0 Å². The van der Waals surface area contributed by atoms with Crippen LogP contribution in [0.5, 0.6) is 0 Å². The zero-order chi connectivity index (χ0) is 16.6. The molecule has 3 rings (SSSR count). The van der Waals surface area contributed by atoms with Crippen molar-refractivity contribution in [2.45, 2.75) is 30.4 Å². The van der Waals surface area contributed by atoms with Crippen LogP contribution in [0.25, 0.3) is 0 Å². The average molecular weight is 326 g/mol. The van der Waals surface area contributed by atoms with Gasteiger partial charge in [-0.2, -0.15) is 0 Å². The summed E-state index contributed by atoms with van der Waals surface area (Å²) < 4.78 is 0. The number of carbonyl (C=O) groups is 2. The number of hydrogen-bond donors (Lipinski definition) is 1. The quantitative estimate of drug-likeness (QED) is 0.694. The molecule has 4 nitrogen and oxygen atoms in total. The molecule has 0 aliphatic carbocycles. The van der Waals surface area contributed by atoms with Gasteiger partial charge in [0.1, 0.15) is 0 Å². The second-order valence-corrected chi connectivity index (χ2v) is 7.01. The van der Waals surface area contributed by atoms with Crippen LogP contribution in [0, 0.1) is 13.8 Å². The second kappa shape index (κ2) is 6.08. The summed E-state index contributed by atoms with van der Waals surface area (Å²) in [5.41, 5.74) is 9.28. The van der Waals surface area contributed by atoms with Gasteiger partial charge in [0, 0.05) is 17.0 Å². The van der Waals surface area contributed by atoms with Crippen molar-refractivity contribution >= 4 is 35.0 Å². The van der Waals surface area contributed by atoms with Gasteiger partial charge in [0.2, 0.25) is 11.8 Å². The summed E-state index contributed by atoms with van der Waals surface area (Å²) in [4.78, 5) is 27.2. The predicted octanol–water partition coefficient (Wildman–Crippen LogP) is 3.31. The van der Waals surface area contributed by atoms with Gasteiger partial charge in [-0.25, -0.2) is 4.90 Å². The highest BCUT2D eigenvalue weighted by atomic mass is 32.2. The zero-order valence-corrected chi connectivity index (χ0v) is 13.9. The molecule has 0 radical (unpaired) electrons. The molecule has 0 aromatic heterocycles. The zero-order valence-electron chi connectivity index (χ0n) is 13.1. The minimum atomic E-state index is -0.423. The molecule has 1 aliphatic heterocycles. The van der Waals surface area contributed by atoms with Crippen LogP contribution in [0.3, 0.4) is 0 Å². The molecule has 1 heterocycles. The van der Waals surface area contributed by atoms with Gasteiger partial charge in [-0.1, -0.05) is 18.2 Å². The van der Waals surface area contributed by atoms with Crippen LogP contribution in [0.4, 0.5) is 11.4 Å². The molecule has 2 aromatic carbocycles. The number of hydrogen-bond acceptors (Lipinski definition) is 4. The SMILES string of the molecule is Cc1cc(C)cc(N2C(=O)C[C@@H](Sc3ccccc3N)C2=O)c1. The summed E-state index contributed by atoms with van der Waals surface area (Å²) in [7, 11) is 0. The maximum absolute atomic E-state index is 12.7. The average Bonchev–Trinajstić information content (AvgIpc) is 2.75. The van der Waals surface area contributed by atoms with Crippen molar-refractivity contribution in [1.82, 2.24) is 0 Å². The molecule has 2 aromatic rings. The standard InChI is InChI=1S/C18H18N2O2S/c1-11-7-12(2)9-13(8-11)20-17(21)10-16(18(20)22)23-15-6-4-3-5-14(15)19/h3-9,16H,10,19H2,1-2H3/t16-/m1/s1. The van der Waals surface area contributed by atoms with E-state index in [-0.39, 0.29) is 18.2 Å². The molecule has 2 N–H and O–H groups in total. The summed E-state index contributed by atoms with van der Waals surface area (Å²) in [5, 5.41) is -0.423. The van der Waals surface area contributed by atoms with E-state index in [0.717, 1.165) is 16.0 Å². The number of nitrogen functional groups attached to an aromatic ring is 1. The van der Waals surface area contributed by atoms with Gasteiger partial charge in [0.05, 0.1) is 10.9 Å². The van der Waals surface area contributed by atoms with Crippen LogP contribution < -0.4 is 10.6 Å². The van der Waals surface area contributed by atoms with Crippen molar-refractivity contribution in [1.29, 1.82) is 0 Å². The Balaban J connectivity index is 1.87. The number of amides is 2. The molecular weight excluding hydrogens is 308 g/mol. The molecule has 0 unspecified atom stereocenters. The Morgan fingerprint density at radius 1 is 1.09 bits per heavy atom. The van der Waals surface area contributed by atoms with Crippen molar-refractivity contribution in [3.63, 3.8) is 0 Å². The third-order valence-corrected chi connectivity index (χ3v) is 5.04. The second-order valence-electron chi connectivity index (χ2n) is 5.76. The highest BCUT2D eigenvalue weighted by molar-refractivity contribution is 8.00. The molecule has 23 heavy (non-hydrogen) atoms. The minimum Gasteiger partial charge on any atom is -0.398 e. The first-order valence-electron chi connectivity index (χ1n) is 7.42. The monoisotopic (exact) mass is 326 g/mol. The van der Waals surface area contributed by atoms with Crippen LogP contribution in [-0.2, 0) is 9.59 Å². The van der Waals surface area contributed by atoms with Crippen LogP contribution in [0.15, 0.2) is 47.4 Å². The molecule has 1 fully saturated rings. The lowest BCUT2D eigenvalue weighted by molar-refractivity contribution is -0.121. The summed E-state index contributed by atoms with van der Waals surface area (Å²) in [5.74, 6) is -0.333. The lowest BCUT2D eigenvalue weighted by atomic mass is 10.1. The predicted molar refractivity (Wildman–Crippen MR) is 93.5 cm³/mol. The number of thioether (sulfide) groups is 1. The van der Waals surface area contributed by atoms with E-state index in [9.17, 15) is 9.59 Å². The van der Waals surface area contributed by atoms with E-state index in [2.05, 4.69) is 0 Å². The molecular formula is C18H18N2O2S. The normalized spacial score (nSPS) is 17.8. The largest absolute Gasteiger partial charge is 0.398 e. The third-order valence-electron chi connectivity index (χ3n) is 3.76. The Morgan fingerprint density at radius 2 is 1.74 bits per heavy atom. The number of carbonyl (C=O) groups excluding carboxylic acids is 2. The van der Waals surface area contributed by atoms with Crippen LogP contribution in [0.1, 0.15) is 17.5 Å². The number of benzene rings is 2. The molecule has 2 amide bonds. The van der Waals surface area contributed by atoms with Crippen molar-refractivity contribution in [2.75, 3.05) is 10.6 Å². The number of anilines is 2. The third kappa shape index (κ3) is 3.10. The molecule has 0 spiro atoms. The molecule has 118 valence electrons. The Morgan fingerprint density at radius 3 is 2.39 bits per heavy atom. The summed E-state index contributed by atoms with van der Waals surface area (Å²) >= 11 is 1.36. The topological polar surface area (TPSA) is 63.4 Å². The first-order chi connectivity index (χ1) is 11.0. The molecule has 1 saturated heterocycles. The number of imide groups is 1. The molecule has 1 aliphatic rings. The molecule has 0 bridgehead atoms. The fraction of sp³-hybridized carbons (Fsp3) is 0.222. The van der Waals surface area contributed by atoms with E-state index in [4.69, 9.17) is 5.73 Å². The van der Waals surface area contributed by atoms with Gasteiger partial charge in [-0.15, -0.1) is 11.8 Å². The van der Waals surface area contributed by atoms with E-state index in [1.54, 1.807) is 6.07 Å². The van der Waals surface area contributed by atoms with E-state index in [1.165, 1.54) is 16.7 Å². The molecule has 0 saturated carbocycles. The van der Waals surface area contributed by atoms with Crippen LogP contribution in [0.2, 0.25) is 0 Å². The van der Waals surface area contributed by atoms with E-state index < -0.39 is 5.25 Å². The number of nitrogens with two attached hydrogens (primary N) is 1. The highest BCUT2D eigenvalue weighted by Gasteiger charge is 2.40. The first kappa shape index (κ1) is 15.6. The van der Waals surface area contributed by atoms with Gasteiger partial charge in [-0.05, 0) is 49.2 Å². The number of rotatable bonds is 3. The van der Waals surface area contributed by atoms with Crippen molar-refractivity contribution in [2.24, 2.45) is 0 Å². The Hall–Kier alpha value is -2.27. The Labute approximate surface area is 139 Å². The fourth-order valence-corrected chi connectivity index (χ4v) is 3.89. The van der Waals surface area contributed by atoms with Crippen LogP contribution >= 0.6 is 11.8 Å². The number of para-hydroxylation sites is 1. The summed E-state index contributed by atoms with van der Waals surface area (Å²) in [6, 6.07) is 13.2. The maximum Gasteiger partial charge on any atom is 0.247 e. The Bertz CT molecular complexity index is 768. The maximum atomic E-state index is 12.7. The highest BCUT2D eigenvalue weighted by Crippen LogP contribution is 2.36. The minimum absolute atomic E-state index is 0.160. The number of aryl methyl sites for hydroxylation is 2. The lowest BCUT2D eigenvalue weighted by Gasteiger charge is -2.16. The van der Waals surface area contributed by atoms with Gasteiger partial charge >= 0.3 is 0 Å². The van der Waals surface area contributed by atoms with E-state index in [0.29, 0.717) is 11.4 Å². The smallest absolute Gasteiger partial charge is 0.247 e. The summed E-state index contributed by atoms with van der Waals surface area (Å²) in [6.07, 6.45) is 0.199. The summed E-state index contributed by atoms with van der Waals surface area (Å²) in [6.45, 7) is 3.91. The van der Waals surface area contributed by atoms with Gasteiger partial charge in [-0.3, -0.25) is 9.59 Å². The van der Waals surface area contributed by atoms with E-state index >= 15 is 0 Å².